The fourth-order valence-electron chi connectivity index (χ4n) is 2.62. The zero-order valence-corrected chi connectivity index (χ0v) is 16.4. The number of aromatic nitrogens is 1. The van der Waals surface area contributed by atoms with Gasteiger partial charge in [0.25, 0.3) is 0 Å². The first kappa shape index (κ1) is 17.9. The Bertz CT molecular complexity index is 799. The molecule has 5 nitrogen and oxygen atoms in total. The van der Waals surface area contributed by atoms with Gasteiger partial charge in [-0.1, -0.05) is 17.8 Å². The smallest absolute Gasteiger partial charge is 0.233 e. The van der Waals surface area contributed by atoms with Gasteiger partial charge in [-0.2, -0.15) is 0 Å². The van der Waals surface area contributed by atoms with E-state index in [0.717, 1.165) is 14.9 Å². The maximum Gasteiger partial charge on any atom is 0.233 e. The summed E-state index contributed by atoms with van der Waals surface area (Å²) < 4.78 is 24.5. The molecule has 9 heteroatoms. The van der Waals surface area contributed by atoms with Crippen LogP contribution >= 0.6 is 34.4 Å². The Morgan fingerprint density at radius 2 is 2.29 bits per heavy atom. The summed E-state index contributed by atoms with van der Waals surface area (Å²) in [6.45, 7) is 2.41. The van der Waals surface area contributed by atoms with Crippen LogP contribution in [0.3, 0.4) is 0 Å². The number of thiophene rings is 1. The summed E-state index contributed by atoms with van der Waals surface area (Å²) in [4.78, 5) is 19.9. The Morgan fingerprint density at radius 1 is 1.46 bits per heavy atom. The number of thioether (sulfide) groups is 1. The predicted octanol–water partition coefficient (Wildman–Crippen LogP) is 2.82. The molecule has 1 atom stereocenters. The maximum absolute atomic E-state index is 12.7. The molecule has 1 amide bonds. The van der Waals surface area contributed by atoms with Crippen LogP contribution < -0.4 is 0 Å². The standard InChI is InChI=1S/C15H18N2O3S4/c1-11-8-22-15(16-11)23-9-14(18)17(7-13-3-2-5-21-13)12-4-6-24(19,20)10-12/h2-3,5,8,12H,4,6-7,9-10H2,1H3. The second-order valence-electron chi connectivity index (χ2n) is 5.70. The van der Waals surface area contributed by atoms with Gasteiger partial charge < -0.3 is 4.90 Å². The lowest BCUT2D eigenvalue weighted by atomic mass is 10.2. The fraction of sp³-hybridized carbons (Fsp3) is 0.467. The Morgan fingerprint density at radius 3 is 2.88 bits per heavy atom. The molecule has 1 saturated heterocycles. The van der Waals surface area contributed by atoms with Gasteiger partial charge in [-0.15, -0.1) is 22.7 Å². The quantitative estimate of drug-likeness (QED) is 0.695. The van der Waals surface area contributed by atoms with Crippen molar-refractivity contribution in [3.63, 3.8) is 0 Å². The zero-order valence-electron chi connectivity index (χ0n) is 13.2. The third kappa shape index (κ3) is 4.59. The first-order valence-electron chi connectivity index (χ1n) is 7.50. The number of hydrogen-bond donors (Lipinski definition) is 0. The van der Waals surface area contributed by atoms with Gasteiger partial charge in [0, 0.05) is 22.0 Å². The third-order valence-electron chi connectivity index (χ3n) is 3.79. The summed E-state index contributed by atoms with van der Waals surface area (Å²) in [5, 5.41) is 3.93. The molecule has 0 bridgehead atoms. The molecule has 0 N–H and O–H groups in total. The van der Waals surface area contributed by atoms with Gasteiger partial charge in [0.2, 0.25) is 5.91 Å². The van der Waals surface area contributed by atoms with Crippen LogP contribution in [-0.4, -0.2) is 47.5 Å². The van der Waals surface area contributed by atoms with E-state index in [4.69, 9.17) is 0 Å². The zero-order chi connectivity index (χ0) is 17.2. The molecule has 1 fully saturated rings. The van der Waals surface area contributed by atoms with E-state index < -0.39 is 9.84 Å². The molecule has 1 unspecified atom stereocenters. The molecule has 1 aliphatic rings. The summed E-state index contributed by atoms with van der Waals surface area (Å²) in [6.07, 6.45) is 0.528. The van der Waals surface area contributed by atoms with Crippen molar-refractivity contribution < 1.29 is 13.2 Å². The molecule has 3 heterocycles. The molecule has 130 valence electrons. The van der Waals surface area contributed by atoms with Crippen LogP contribution in [0.2, 0.25) is 0 Å². The Labute approximate surface area is 154 Å². The number of thiazole rings is 1. The van der Waals surface area contributed by atoms with Gasteiger partial charge in [-0.3, -0.25) is 4.79 Å². The number of aryl methyl sites for hydroxylation is 1. The van der Waals surface area contributed by atoms with Crippen molar-refractivity contribution in [1.29, 1.82) is 0 Å². The lowest BCUT2D eigenvalue weighted by molar-refractivity contribution is -0.130. The van der Waals surface area contributed by atoms with Crippen LogP contribution in [0.25, 0.3) is 0 Å². The average Bonchev–Trinajstić information content (AvgIpc) is 3.24. The summed E-state index contributed by atoms with van der Waals surface area (Å²) >= 11 is 4.53. The Kier molecular flexibility index (Phi) is 5.63. The number of hydrogen-bond acceptors (Lipinski definition) is 7. The van der Waals surface area contributed by atoms with Gasteiger partial charge in [0.1, 0.15) is 0 Å². The number of amides is 1. The highest BCUT2D eigenvalue weighted by Crippen LogP contribution is 2.26. The van der Waals surface area contributed by atoms with Gasteiger partial charge in [0.05, 0.1) is 23.8 Å². The summed E-state index contributed by atoms with van der Waals surface area (Å²) in [5.41, 5.74) is 0.951. The van der Waals surface area contributed by atoms with Crippen LogP contribution in [0, 0.1) is 6.92 Å². The fourth-order valence-corrected chi connectivity index (χ4v) is 6.79. The van der Waals surface area contributed by atoms with Crippen LogP contribution in [0.5, 0.6) is 0 Å². The summed E-state index contributed by atoms with van der Waals surface area (Å²) in [6, 6.07) is 3.70. The van der Waals surface area contributed by atoms with Crippen molar-refractivity contribution in [1.82, 2.24) is 9.88 Å². The first-order valence-corrected chi connectivity index (χ1v) is 12.1. The molecular formula is C15H18N2O3S4. The highest BCUT2D eigenvalue weighted by Gasteiger charge is 2.34. The highest BCUT2D eigenvalue weighted by molar-refractivity contribution is 8.01. The van der Waals surface area contributed by atoms with Crippen molar-refractivity contribution in [2.45, 2.75) is 30.3 Å². The third-order valence-corrected chi connectivity index (χ3v) is 8.53. The van der Waals surface area contributed by atoms with Crippen molar-refractivity contribution in [2.75, 3.05) is 17.3 Å². The minimum absolute atomic E-state index is 0.0247. The van der Waals surface area contributed by atoms with E-state index in [9.17, 15) is 13.2 Å². The molecule has 0 spiro atoms. The van der Waals surface area contributed by atoms with Crippen molar-refractivity contribution in [3.8, 4) is 0 Å². The van der Waals surface area contributed by atoms with E-state index in [-0.39, 0.29) is 29.2 Å². The van der Waals surface area contributed by atoms with Crippen LogP contribution in [-0.2, 0) is 21.2 Å². The lowest BCUT2D eigenvalue weighted by Gasteiger charge is -2.27. The second kappa shape index (κ2) is 7.55. The van der Waals surface area contributed by atoms with E-state index in [2.05, 4.69) is 4.98 Å². The molecule has 24 heavy (non-hydrogen) atoms. The Hall–Kier alpha value is -0.900. The van der Waals surface area contributed by atoms with E-state index in [0.29, 0.717) is 13.0 Å². The van der Waals surface area contributed by atoms with E-state index in [1.165, 1.54) is 23.1 Å². The van der Waals surface area contributed by atoms with Crippen LogP contribution in [0.4, 0.5) is 0 Å². The predicted molar refractivity (Wildman–Crippen MR) is 99.5 cm³/mol. The van der Waals surface area contributed by atoms with Gasteiger partial charge in [-0.25, -0.2) is 13.4 Å². The van der Waals surface area contributed by atoms with Crippen molar-refractivity contribution in [3.05, 3.63) is 33.5 Å². The molecule has 0 saturated carbocycles. The molecule has 0 radical (unpaired) electrons. The van der Waals surface area contributed by atoms with Crippen LogP contribution in [0.1, 0.15) is 17.0 Å². The topological polar surface area (TPSA) is 67.3 Å². The molecule has 3 rings (SSSR count). The number of sulfone groups is 1. The first-order chi connectivity index (χ1) is 11.4. The molecule has 2 aromatic heterocycles. The monoisotopic (exact) mass is 402 g/mol. The molecule has 0 aliphatic carbocycles. The maximum atomic E-state index is 12.7. The minimum Gasteiger partial charge on any atom is -0.333 e. The average molecular weight is 403 g/mol. The Balaban J connectivity index is 1.69. The second-order valence-corrected chi connectivity index (χ2v) is 11.0. The summed E-state index contributed by atoms with van der Waals surface area (Å²) in [5.74, 6) is 0.508. The number of carbonyl (C=O) groups excluding carboxylic acids is 1. The van der Waals surface area contributed by atoms with Crippen molar-refractivity contribution >= 4 is 50.2 Å². The van der Waals surface area contributed by atoms with Gasteiger partial charge in [-0.05, 0) is 24.8 Å². The van der Waals surface area contributed by atoms with Crippen molar-refractivity contribution in [2.24, 2.45) is 0 Å². The van der Waals surface area contributed by atoms with Gasteiger partial charge >= 0.3 is 0 Å². The number of nitrogens with zero attached hydrogens (tertiary/aromatic N) is 2. The number of rotatable bonds is 6. The molecule has 0 aromatic carbocycles. The van der Waals surface area contributed by atoms with Gasteiger partial charge in [0.15, 0.2) is 14.2 Å². The van der Waals surface area contributed by atoms with E-state index in [1.807, 2.05) is 29.8 Å². The summed E-state index contributed by atoms with van der Waals surface area (Å²) in [7, 11) is -3.02. The minimum atomic E-state index is -3.02. The molecular weight excluding hydrogens is 384 g/mol. The van der Waals surface area contributed by atoms with E-state index >= 15 is 0 Å². The van der Waals surface area contributed by atoms with Crippen LogP contribution in [0.15, 0.2) is 27.2 Å². The SMILES string of the molecule is Cc1csc(SCC(=O)N(Cc2cccs2)C2CCS(=O)(=O)C2)n1. The molecule has 1 aliphatic heterocycles. The molecule has 2 aromatic rings. The lowest BCUT2D eigenvalue weighted by Crippen LogP contribution is -2.41. The largest absolute Gasteiger partial charge is 0.333 e. The normalized spacial score (nSPS) is 19.5. The highest BCUT2D eigenvalue weighted by atomic mass is 32.2. The number of carbonyl (C=O) groups is 1. The van der Waals surface area contributed by atoms with E-state index in [1.54, 1.807) is 16.2 Å².